The van der Waals surface area contributed by atoms with Gasteiger partial charge in [-0.3, -0.25) is 9.69 Å². The molecule has 1 aromatic carbocycles. The number of rotatable bonds is 7. The number of benzene rings is 1. The SMILES string of the molecule is COCCN(CC(=O)O)C(=O)N(C)c1cccc(OC)c1. The molecule has 0 aliphatic heterocycles. The number of nitrogens with zero attached hydrogens (tertiary/aromatic N) is 2. The fourth-order valence-corrected chi connectivity index (χ4v) is 1.75. The van der Waals surface area contributed by atoms with Crippen molar-refractivity contribution in [1.82, 2.24) is 4.90 Å². The first-order chi connectivity index (χ1) is 9.99. The maximum Gasteiger partial charge on any atom is 0.324 e. The number of amides is 2. The molecule has 0 unspecified atom stereocenters. The van der Waals surface area contributed by atoms with Crippen LogP contribution < -0.4 is 9.64 Å². The number of aliphatic carboxylic acids is 1. The van der Waals surface area contributed by atoms with Crippen molar-refractivity contribution in [3.63, 3.8) is 0 Å². The third-order valence-electron chi connectivity index (χ3n) is 2.89. The Hall–Kier alpha value is -2.28. The van der Waals surface area contributed by atoms with Gasteiger partial charge in [0.25, 0.3) is 0 Å². The van der Waals surface area contributed by atoms with Crippen LogP contribution in [0.5, 0.6) is 5.75 Å². The minimum absolute atomic E-state index is 0.204. The van der Waals surface area contributed by atoms with Crippen LogP contribution in [0, 0.1) is 0 Å². The highest BCUT2D eigenvalue weighted by atomic mass is 16.5. The average Bonchev–Trinajstić information content (AvgIpc) is 2.49. The fourth-order valence-electron chi connectivity index (χ4n) is 1.75. The highest BCUT2D eigenvalue weighted by Crippen LogP contribution is 2.20. The summed E-state index contributed by atoms with van der Waals surface area (Å²) in [6.45, 7) is 0.0947. The summed E-state index contributed by atoms with van der Waals surface area (Å²) in [6.07, 6.45) is 0. The third kappa shape index (κ3) is 4.96. The minimum atomic E-state index is -1.07. The van der Waals surface area contributed by atoms with Gasteiger partial charge in [0, 0.05) is 32.5 Å². The number of carbonyl (C=O) groups is 2. The van der Waals surface area contributed by atoms with E-state index in [1.165, 1.54) is 24.0 Å². The van der Waals surface area contributed by atoms with Gasteiger partial charge in [0.05, 0.1) is 13.7 Å². The monoisotopic (exact) mass is 296 g/mol. The first-order valence-electron chi connectivity index (χ1n) is 6.37. The highest BCUT2D eigenvalue weighted by molar-refractivity contribution is 5.93. The maximum atomic E-state index is 12.4. The number of carboxylic acids is 1. The van der Waals surface area contributed by atoms with E-state index in [0.717, 1.165) is 0 Å². The zero-order valence-corrected chi connectivity index (χ0v) is 12.4. The van der Waals surface area contributed by atoms with Gasteiger partial charge in [0.1, 0.15) is 12.3 Å². The lowest BCUT2D eigenvalue weighted by Gasteiger charge is -2.27. The van der Waals surface area contributed by atoms with Crippen LogP contribution in [0.2, 0.25) is 0 Å². The molecule has 0 radical (unpaired) electrons. The minimum Gasteiger partial charge on any atom is -0.497 e. The molecule has 116 valence electrons. The molecule has 2 amide bonds. The smallest absolute Gasteiger partial charge is 0.324 e. The summed E-state index contributed by atoms with van der Waals surface area (Å²) >= 11 is 0. The highest BCUT2D eigenvalue weighted by Gasteiger charge is 2.21. The summed E-state index contributed by atoms with van der Waals surface area (Å²) in [5, 5.41) is 8.89. The molecule has 7 heteroatoms. The van der Waals surface area contributed by atoms with Crippen molar-refractivity contribution in [1.29, 1.82) is 0 Å². The second kappa shape index (κ2) is 8.11. The van der Waals surface area contributed by atoms with Crippen molar-refractivity contribution in [2.24, 2.45) is 0 Å². The van der Waals surface area contributed by atoms with Crippen molar-refractivity contribution in [3.05, 3.63) is 24.3 Å². The molecule has 0 spiro atoms. The van der Waals surface area contributed by atoms with E-state index in [1.54, 1.807) is 31.3 Å². The van der Waals surface area contributed by atoms with Crippen LogP contribution in [0.25, 0.3) is 0 Å². The Morgan fingerprint density at radius 3 is 2.57 bits per heavy atom. The lowest BCUT2D eigenvalue weighted by Crippen LogP contribution is -2.45. The van der Waals surface area contributed by atoms with Crippen LogP contribution in [0.3, 0.4) is 0 Å². The Morgan fingerprint density at radius 1 is 1.29 bits per heavy atom. The Labute approximate surface area is 123 Å². The molecule has 1 rings (SSSR count). The molecule has 1 aromatic rings. The Morgan fingerprint density at radius 2 is 2.00 bits per heavy atom. The van der Waals surface area contributed by atoms with Crippen molar-refractivity contribution in [2.45, 2.75) is 0 Å². The number of ether oxygens (including phenoxy) is 2. The zero-order valence-electron chi connectivity index (χ0n) is 12.4. The molecule has 0 saturated heterocycles. The summed E-state index contributed by atoms with van der Waals surface area (Å²) in [5.41, 5.74) is 0.618. The molecule has 0 atom stereocenters. The van der Waals surface area contributed by atoms with Gasteiger partial charge in [0.15, 0.2) is 0 Å². The quantitative estimate of drug-likeness (QED) is 0.820. The number of carboxylic acid groups (broad SMARTS) is 1. The van der Waals surface area contributed by atoms with Crippen LogP contribution in [-0.4, -0.2) is 63.0 Å². The molecule has 0 fully saturated rings. The Kier molecular flexibility index (Phi) is 6.48. The van der Waals surface area contributed by atoms with Gasteiger partial charge in [0.2, 0.25) is 0 Å². The second-order valence-electron chi connectivity index (χ2n) is 4.35. The molecule has 0 aliphatic carbocycles. The van der Waals surface area contributed by atoms with E-state index in [1.807, 2.05) is 0 Å². The summed E-state index contributed by atoms with van der Waals surface area (Å²) in [6, 6.07) is 6.56. The number of methoxy groups -OCH3 is 2. The van der Waals surface area contributed by atoms with Gasteiger partial charge in [-0.15, -0.1) is 0 Å². The summed E-state index contributed by atoms with van der Waals surface area (Å²) in [5.74, 6) is -0.452. The van der Waals surface area contributed by atoms with Crippen molar-refractivity contribution in [2.75, 3.05) is 45.9 Å². The van der Waals surface area contributed by atoms with Gasteiger partial charge < -0.3 is 19.5 Å². The Bertz CT molecular complexity index is 492. The van der Waals surface area contributed by atoms with Crippen molar-refractivity contribution < 1.29 is 24.2 Å². The van der Waals surface area contributed by atoms with Gasteiger partial charge >= 0.3 is 12.0 Å². The molecule has 0 heterocycles. The van der Waals surface area contributed by atoms with E-state index >= 15 is 0 Å². The van der Waals surface area contributed by atoms with Crippen LogP contribution in [0.15, 0.2) is 24.3 Å². The van der Waals surface area contributed by atoms with Crippen molar-refractivity contribution in [3.8, 4) is 5.75 Å². The van der Waals surface area contributed by atoms with Gasteiger partial charge in [-0.05, 0) is 12.1 Å². The number of hydrogen-bond donors (Lipinski definition) is 1. The number of hydrogen-bond acceptors (Lipinski definition) is 4. The maximum absolute atomic E-state index is 12.4. The van der Waals surface area contributed by atoms with Crippen LogP contribution >= 0.6 is 0 Å². The van der Waals surface area contributed by atoms with E-state index in [-0.39, 0.29) is 19.7 Å². The summed E-state index contributed by atoms with van der Waals surface area (Å²) < 4.78 is 10.0. The molecule has 0 aromatic heterocycles. The molecule has 0 bridgehead atoms. The summed E-state index contributed by atoms with van der Waals surface area (Å²) in [4.78, 5) is 25.8. The van der Waals surface area contributed by atoms with Crippen LogP contribution in [0.4, 0.5) is 10.5 Å². The molecule has 0 saturated carbocycles. The van der Waals surface area contributed by atoms with Gasteiger partial charge in [-0.2, -0.15) is 0 Å². The van der Waals surface area contributed by atoms with Crippen LogP contribution in [0.1, 0.15) is 0 Å². The predicted octanol–water partition coefficient (Wildman–Crippen LogP) is 1.28. The standard InChI is InChI=1S/C14H20N2O5/c1-15(11-5-4-6-12(9-11)21-3)14(19)16(7-8-20-2)10-13(17)18/h4-6,9H,7-8,10H2,1-3H3,(H,17,18). The lowest BCUT2D eigenvalue weighted by atomic mass is 10.3. The fraction of sp³-hybridized carbons (Fsp3) is 0.429. The molecule has 21 heavy (non-hydrogen) atoms. The van der Waals surface area contributed by atoms with E-state index in [0.29, 0.717) is 11.4 Å². The molecule has 0 aliphatic rings. The number of carbonyl (C=O) groups excluding carboxylic acids is 1. The zero-order chi connectivity index (χ0) is 15.8. The molecule has 1 N–H and O–H groups in total. The Balaban J connectivity index is 2.87. The van der Waals surface area contributed by atoms with E-state index in [4.69, 9.17) is 14.6 Å². The number of anilines is 1. The normalized spacial score (nSPS) is 10.0. The van der Waals surface area contributed by atoms with Crippen LogP contribution in [-0.2, 0) is 9.53 Å². The molecule has 7 nitrogen and oxygen atoms in total. The first-order valence-corrected chi connectivity index (χ1v) is 6.37. The number of urea groups is 1. The van der Waals surface area contributed by atoms with Crippen molar-refractivity contribution >= 4 is 17.7 Å². The largest absolute Gasteiger partial charge is 0.497 e. The lowest BCUT2D eigenvalue weighted by molar-refractivity contribution is -0.137. The van der Waals surface area contributed by atoms with E-state index in [9.17, 15) is 9.59 Å². The van der Waals surface area contributed by atoms with Gasteiger partial charge in [-0.1, -0.05) is 6.07 Å². The topological polar surface area (TPSA) is 79.3 Å². The predicted molar refractivity (Wildman–Crippen MR) is 77.9 cm³/mol. The van der Waals surface area contributed by atoms with Gasteiger partial charge in [-0.25, -0.2) is 4.79 Å². The second-order valence-corrected chi connectivity index (χ2v) is 4.35. The third-order valence-corrected chi connectivity index (χ3v) is 2.89. The molecular weight excluding hydrogens is 276 g/mol. The van der Waals surface area contributed by atoms with E-state index in [2.05, 4.69) is 0 Å². The summed E-state index contributed by atoms with van der Waals surface area (Å²) in [7, 11) is 4.62. The molecular formula is C14H20N2O5. The van der Waals surface area contributed by atoms with E-state index < -0.39 is 12.0 Å². The average molecular weight is 296 g/mol. The first kappa shape index (κ1) is 16.8.